The molecule has 0 amide bonds. The molecule has 0 spiro atoms. The number of aromatic nitrogens is 1. The zero-order valence-electron chi connectivity index (χ0n) is 9.47. The Balaban J connectivity index is 2.18. The molecule has 1 aromatic heterocycles. The van der Waals surface area contributed by atoms with Crippen LogP contribution < -0.4 is 0 Å². The molecule has 1 heterocycles. The molecule has 0 atom stereocenters. The SMILES string of the molecule is Oc1ccc2ncc(-c3cccc(Br)c3)cc2c1. The van der Waals surface area contributed by atoms with E-state index in [1.165, 1.54) is 0 Å². The van der Waals surface area contributed by atoms with Crippen LogP contribution in [0.3, 0.4) is 0 Å². The highest BCUT2D eigenvalue weighted by molar-refractivity contribution is 9.10. The first kappa shape index (κ1) is 11.2. The lowest BCUT2D eigenvalue weighted by molar-refractivity contribution is 0.476. The van der Waals surface area contributed by atoms with Crippen molar-refractivity contribution in [2.24, 2.45) is 0 Å². The molecular formula is C15H10BrNO. The van der Waals surface area contributed by atoms with E-state index in [4.69, 9.17) is 0 Å². The molecule has 3 heteroatoms. The minimum absolute atomic E-state index is 0.260. The second-order valence-corrected chi connectivity index (χ2v) is 5.03. The van der Waals surface area contributed by atoms with Crippen LogP contribution in [0.15, 0.2) is 59.2 Å². The minimum Gasteiger partial charge on any atom is -0.508 e. The highest BCUT2D eigenvalue weighted by atomic mass is 79.9. The number of fused-ring (bicyclic) bond motifs is 1. The predicted molar refractivity (Wildman–Crippen MR) is 76.5 cm³/mol. The van der Waals surface area contributed by atoms with Gasteiger partial charge < -0.3 is 5.11 Å². The Bertz CT molecular complexity index is 725. The lowest BCUT2D eigenvalue weighted by Gasteiger charge is -2.04. The van der Waals surface area contributed by atoms with E-state index in [2.05, 4.69) is 20.9 Å². The minimum atomic E-state index is 0.260. The molecule has 2 aromatic carbocycles. The fourth-order valence-corrected chi connectivity index (χ4v) is 2.34. The average Bonchev–Trinajstić information content (AvgIpc) is 2.38. The van der Waals surface area contributed by atoms with E-state index < -0.39 is 0 Å². The molecule has 0 saturated heterocycles. The van der Waals surface area contributed by atoms with Crippen molar-refractivity contribution in [3.05, 3.63) is 59.2 Å². The van der Waals surface area contributed by atoms with Gasteiger partial charge in [0.25, 0.3) is 0 Å². The first-order valence-electron chi connectivity index (χ1n) is 5.57. The van der Waals surface area contributed by atoms with Gasteiger partial charge in [0, 0.05) is 21.6 Å². The largest absolute Gasteiger partial charge is 0.508 e. The average molecular weight is 300 g/mol. The second kappa shape index (κ2) is 4.42. The fraction of sp³-hybridized carbons (Fsp3) is 0. The molecule has 2 nitrogen and oxygen atoms in total. The van der Waals surface area contributed by atoms with Crippen molar-refractivity contribution in [3.8, 4) is 16.9 Å². The van der Waals surface area contributed by atoms with Crippen molar-refractivity contribution in [1.29, 1.82) is 0 Å². The van der Waals surface area contributed by atoms with Gasteiger partial charge in [0.05, 0.1) is 5.52 Å². The van der Waals surface area contributed by atoms with E-state index in [-0.39, 0.29) is 5.75 Å². The van der Waals surface area contributed by atoms with Crippen LogP contribution in [-0.4, -0.2) is 10.1 Å². The number of hydrogen-bond acceptors (Lipinski definition) is 2. The molecule has 0 unspecified atom stereocenters. The Kier molecular flexibility index (Phi) is 2.76. The molecule has 3 rings (SSSR count). The summed E-state index contributed by atoms with van der Waals surface area (Å²) >= 11 is 3.46. The number of hydrogen-bond donors (Lipinski definition) is 1. The summed E-state index contributed by atoms with van der Waals surface area (Å²) in [5, 5.41) is 10.4. The van der Waals surface area contributed by atoms with Crippen LogP contribution in [-0.2, 0) is 0 Å². The van der Waals surface area contributed by atoms with Gasteiger partial charge in [-0.25, -0.2) is 0 Å². The van der Waals surface area contributed by atoms with E-state index in [1.54, 1.807) is 12.1 Å². The lowest BCUT2D eigenvalue weighted by Crippen LogP contribution is -1.83. The van der Waals surface area contributed by atoms with Gasteiger partial charge >= 0.3 is 0 Å². The topological polar surface area (TPSA) is 33.1 Å². The summed E-state index contributed by atoms with van der Waals surface area (Å²) in [6, 6.07) is 15.3. The quantitative estimate of drug-likeness (QED) is 0.724. The number of halogens is 1. The summed E-state index contributed by atoms with van der Waals surface area (Å²) in [5.41, 5.74) is 3.02. The summed E-state index contributed by atoms with van der Waals surface area (Å²) in [6.45, 7) is 0. The maximum absolute atomic E-state index is 9.50. The van der Waals surface area contributed by atoms with Crippen LogP contribution >= 0.6 is 15.9 Å². The molecular weight excluding hydrogens is 290 g/mol. The number of aromatic hydroxyl groups is 1. The highest BCUT2D eigenvalue weighted by Crippen LogP contribution is 2.26. The van der Waals surface area contributed by atoms with Crippen LogP contribution in [0.5, 0.6) is 5.75 Å². The van der Waals surface area contributed by atoms with E-state index in [0.29, 0.717) is 0 Å². The van der Waals surface area contributed by atoms with E-state index >= 15 is 0 Å². The third kappa shape index (κ3) is 2.09. The summed E-state index contributed by atoms with van der Waals surface area (Å²) in [7, 11) is 0. The van der Waals surface area contributed by atoms with Gasteiger partial charge in [0.1, 0.15) is 5.75 Å². The standard InChI is InChI=1S/C15H10BrNO/c16-13-3-1-2-10(7-13)12-6-11-8-14(18)4-5-15(11)17-9-12/h1-9,18H. The molecule has 0 radical (unpaired) electrons. The Labute approximate surface area is 113 Å². The van der Waals surface area contributed by atoms with Gasteiger partial charge in [-0.15, -0.1) is 0 Å². The molecule has 88 valence electrons. The van der Waals surface area contributed by atoms with Crippen molar-refractivity contribution < 1.29 is 5.11 Å². The highest BCUT2D eigenvalue weighted by Gasteiger charge is 2.02. The van der Waals surface area contributed by atoms with Crippen LogP contribution in [0.2, 0.25) is 0 Å². The maximum atomic E-state index is 9.50. The number of pyridine rings is 1. The first-order valence-corrected chi connectivity index (χ1v) is 6.36. The number of rotatable bonds is 1. The van der Waals surface area contributed by atoms with Crippen molar-refractivity contribution in [2.45, 2.75) is 0 Å². The van der Waals surface area contributed by atoms with Crippen LogP contribution in [0.1, 0.15) is 0 Å². The predicted octanol–water partition coefficient (Wildman–Crippen LogP) is 4.37. The fourth-order valence-electron chi connectivity index (χ4n) is 1.94. The Morgan fingerprint density at radius 2 is 1.83 bits per heavy atom. The summed E-state index contributed by atoms with van der Waals surface area (Å²) in [5.74, 6) is 0.260. The molecule has 0 aliphatic rings. The van der Waals surface area contributed by atoms with Gasteiger partial charge in [-0.2, -0.15) is 0 Å². The molecule has 3 aromatic rings. The smallest absolute Gasteiger partial charge is 0.116 e. The van der Waals surface area contributed by atoms with Crippen molar-refractivity contribution >= 4 is 26.8 Å². The molecule has 0 bridgehead atoms. The molecule has 0 aliphatic carbocycles. The van der Waals surface area contributed by atoms with Crippen molar-refractivity contribution in [3.63, 3.8) is 0 Å². The van der Waals surface area contributed by atoms with Gasteiger partial charge in [-0.05, 0) is 42.0 Å². The number of phenolic OH excluding ortho intramolecular Hbond substituents is 1. The van der Waals surface area contributed by atoms with Crippen LogP contribution in [0.25, 0.3) is 22.0 Å². The lowest BCUT2D eigenvalue weighted by atomic mass is 10.1. The third-order valence-corrected chi connectivity index (χ3v) is 3.32. The molecule has 18 heavy (non-hydrogen) atoms. The van der Waals surface area contributed by atoms with Gasteiger partial charge in [0.15, 0.2) is 0 Å². The first-order chi connectivity index (χ1) is 8.72. The van der Waals surface area contributed by atoms with Crippen molar-refractivity contribution in [1.82, 2.24) is 4.98 Å². The Morgan fingerprint density at radius 1 is 0.944 bits per heavy atom. The van der Waals surface area contributed by atoms with Crippen LogP contribution in [0.4, 0.5) is 0 Å². The zero-order chi connectivity index (χ0) is 12.5. The Hall–Kier alpha value is -1.87. The van der Waals surface area contributed by atoms with Crippen molar-refractivity contribution in [2.75, 3.05) is 0 Å². The van der Waals surface area contributed by atoms with E-state index in [1.807, 2.05) is 42.6 Å². The normalized spacial score (nSPS) is 10.7. The van der Waals surface area contributed by atoms with Gasteiger partial charge in [0.2, 0.25) is 0 Å². The van der Waals surface area contributed by atoms with E-state index in [9.17, 15) is 5.11 Å². The molecule has 0 saturated carbocycles. The molecule has 0 fully saturated rings. The monoisotopic (exact) mass is 299 g/mol. The number of phenols is 1. The maximum Gasteiger partial charge on any atom is 0.116 e. The zero-order valence-corrected chi connectivity index (χ0v) is 11.1. The van der Waals surface area contributed by atoms with Gasteiger partial charge in [-0.1, -0.05) is 28.1 Å². The second-order valence-electron chi connectivity index (χ2n) is 4.11. The summed E-state index contributed by atoms with van der Waals surface area (Å²) < 4.78 is 1.04. The van der Waals surface area contributed by atoms with E-state index in [0.717, 1.165) is 26.5 Å². The van der Waals surface area contributed by atoms with Gasteiger partial charge in [-0.3, -0.25) is 4.98 Å². The molecule has 1 N–H and O–H groups in total. The Morgan fingerprint density at radius 3 is 2.67 bits per heavy atom. The van der Waals surface area contributed by atoms with Crippen LogP contribution in [0, 0.1) is 0 Å². The number of benzene rings is 2. The summed E-state index contributed by atoms with van der Waals surface area (Å²) in [4.78, 5) is 4.40. The molecule has 0 aliphatic heterocycles. The number of nitrogens with zero attached hydrogens (tertiary/aromatic N) is 1. The summed E-state index contributed by atoms with van der Waals surface area (Å²) in [6.07, 6.45) is 1.85. The third-order valence-electron chi connectivity index (χ3n) is 2.82.